The molecule has 0 bridgehead atoms. The molecule has 0 aliphatic carbocycles. The zero-order valence-corrected chi connectivity index (χ0v) is 21.5. The number of aromatic nitrogens is 2. The molecular formula is C23H34N4O4S2. The summed E-state index contributed by atoms with van der Waals surface area (Å²) >= 11 is 3.08. The lowest BCUT2D eigenvalue weighted by Crippen LogP contribution is -2.38. The Morgan fingerprint density at radius 2 is 2.00 bits per heavy atom. The van der Waals surface area contributed by atoms with Crippen LogP contribution in [-0.4, -0.2) is 53.5 Å². The summed E-state index contributed by atoms with van der Waals surface area (Å²) in [6.45, 7) is 9.06. The first-order chi connectivity index (χ1) is 15.7. The normalized spacial score (nSPS) is 15.5. The number of piperidine rings is 1. The smallest absolute Gasteiger partial charge is 0.305 e. The molecule has 1 N–H and O–H groups in total. The third-order valence-electron chi connectivity index (χ3n) is 5.64. The number of methoxy groups -OCH3 is 1. The lowest BCUT2D eigenvalue weighted by molar-refractivity contribution is -0.140. The number of thioether (sulfide) groups is 1. The number of anilines is 1. The van der Waals surface area contributed by atoms with Crippen LogP contribution in [0.4, 0.5) is 5.13 Å². The Labute approximate surface area is 203 Å². The fourth-order valence-electron chi connectivity index (χ4n) is 3.57. The molecule has 10 heteroatoms. The van der Waals surface area contributed by atoms with Crippen LogP contribution >= 0.6 is 23.1 Å². The largest absolute Gasteiger partial charge is 0.469 e. The van der Waals surface area contributed by atoms with Gasteiger partial charge in [-0.15, -0.1) is 11.8 Å². The molecule has 0 spiro atoms. The number of nitrogens with zero attached hydrogens (tertiary/aromatic N) is 3. The molecule has 0 radical (unpaired) electrons. The van der Waals surface area contributed by atoms with Gasteiger partial charge in [-0.25, -0.2) is 9.97 Å². The number of rotatable bonds is 10. The lowest BCUT2D eigenvalue weighted by Gasteiger charge is -2.31. The SMILES string of the molecule is COC(=O)CCCCN1CCC(C(=O)Nc2ncc(SCc3ncc(C(C)(C)C)o3)s2)CC1. The van der Waals surface area contributed by atoms with Gasteiger partial charge in [-0.3, -0.25) is 9.59 Å². The molecule has 8 nitrogen and oxygen atoms in total. The van der Waals surface area contributed by atoms with Crippen molar-refractivity contribution in [3.63, 3.8) is 0 Å². The molecule has 1 amide bonds. The first kappa shape index (κ1) is 25.7. The van der Waals surface area contributed by atoms with E-state index in [2.05, 4.69) is 45.7 Å². The molecular weight excluding hydrogens is 460 g/mol. The Balaban J connectivity index is 1.36. The second kappa shape index (κ2) is 12.0. The number of carbonyl (C=O) groups is 2. The van der Waals surface area contributed by atoms with Gasteiger partial charge in [0.25, 0.3) is 0 Å². The van der Waals surface area contributed by atoms with Gasteiger partial charge in [0, 0.05) is 17.8 Å². The molecule has 3 rings (SSSR count). The van der Waals surface area contributed by atoms with Crippen LogP contribution in [-0.2, 0) is 25.5 Å². The van der Waals surface area contributed by atoms with E-state index in [4.69, 9.17) is 4.42 Å². The van der Waals surface area contributed by atoms with E-state index in [9.17, 15) is 9.59 Å². The number of nitrogens with one attached hydrogen (secondary N) is 1. The standard InChI is InChI=1S/C23H34N4O4S2/c1-23(2,3)17-13-24-18(31-17)15-32-20-14-25-22(33-20)26-21(29)16-8-11-27(12-9-16)10-6-5-7-19(28)30-4/h13-14,16H,5-12,15H2,1-4H3,(H,25,26,29). The summed E-state index contributed by atoms with van der Waals surface area (Å²) in [5.74, 6) is 2.11. The van der Waals surface area contributed by atoms with Crippen LogP contribution in [0.5, 0.6) is 0 Å². The highest BCUT2D eigenvalue weighted by atomic mass is 32.2. The highest BCUT2D eigenvalue weighted by Gasteiger charge is 2.25. The van der Waals surface area contributed by atoms with E-state index in [1.165, 1.54) is 18.4 Å². The molecule has 0 atom stereocenters. The quantitative estimate of drug-likeness (QED) is 0.288. The summed E-state index contributed by atoms with van der Waals surface area (Å²) < 4.78 is 11.5. The topological polar surface area (TPSA) is 97.6 Å². The number of esters is 1. The Bertz CT molecular complexity index is 914. The van der Waals surface area contributed by atoms with Crippen LogP contribution in [0.25, 0.3) is 0 Å². The van der Waals surface area contributed by atoms with Crippen LogP contribution in [0, 0.1) is 5.92 Å². The van der Waals surface area contributed by atoms with Gasteiger partial charge in [0.2, 0.25) is 11.8 Å². The van der Waals surface area contributed by atoms with Gasteiger partial charge in [-0.1, -0.05) is 32.1 Å². The maximum atomic E-state index is 12.7. The Kier molecular flexibility index (Phi) is 9.34. The van der Waals surface area contributed by atoms with Crippen molar-refractivity contribution in [2.24, 2.45) is 5.92 Å². The molecule has 0 unspecified atom stereocenters. The van der Waals surface area contributed by atoms with E-state index in [0.717, 1.165) is 55.3 Å². The summed E-state index contributed by atoms with van der Waals surface area (Å²) in [6.07, 6.45) is 7.55. The van der Waals surface area contributed by atoms with Gasteiger partial charge in [0.15, 0.2) is 5.13 Å². The van der Waals surface area contributed by atoms with E-state index in [1.54, 1.807) is 24.2 Å². The minimum absolute atomic E-state index is 0.0134. The summed E-state index contributed by atoms with van der Waals surface area (Å²) in [5.41, 5.74) is -0.0570. The van der Waals surface area contributed by atoms with Crippen molar-refractivity contribution in [3.8, 4) is 0 Å². The maximum Gasteiger partial charge on any atom is 0.305 e. The molecule has 3 heterocycles. The Hall–Kier alpha value is -1.91. The summed E-state index contributed by atoms with van der Waals surface area (Å²) in [7, 11) is 1.42. The third kappa shape index (κ3) is 8.12. The van der Waals surface area contributed by atoms with E-state index in [0.29, 0.717) is 23.2 Å². The lowest BCUT2D eigenvalue weighted by atomic mass is 9.94. The summed E-state index contributed by atoms with van der Waals surface area (Å²) in [4.78, 5) is 34.9. The van der Waals surface area contributed by atoms with Crippen LogP contribution in [0.2, 0.25) is 0 Å². The van der Waals surface area contributed by atoms with Crippen molar-refractivity contribution in [3.05, 3.63) is 24.0 Å². The van der Waals surface area contributed by atoms with Crippen molar-refractivity contribution in [2.75, 3.05) is 32.1 Å². The van der Waals surface area contributed by atoms with Crippen LogP contribution in [0.15, 0.2) is 21.0 Å². The Morgan fingerprint density at radius 3 is 2.67 bits per heavy atom. The number of unbranched alkanes of at least 4 members (excludes halogenated alkanes) is 1. The molecule has 33 heavy (non-hydrogen) atoms. The molecule has 182 valence electrons. The molecule has 1 saturated heterocycles. The Morgan fingerprint density at radius 1 is 1.24 bits per heavy atom. The second-order valence-corrected chi connectivity index (χ2v) is 11.6. The number of carbonyl (C=O) groups excluding carboxylic acids is 2. The molecule has 0 aromatic carbocycles. The number of oxazole rings is 1. The fraction of sp³-hybridized carbons (Fsp3) is 0.652. The van der Waals surface area contributed by atoms with Crippen molar-refractivity contribution in [2.45, 2.75) is 68.3 Å². The molecule has 2 aromatic rings. The van der Waals surface area contributed by atoms with Crippen molar-refractivity contribution in [1.82, 2.24) is 14.9 Å². The molecule has 2 aromatic heterocycles. The van der Waals surface area contributed by atoms with E-state index in [1.807, 2.05) is 0 Å². The number of likely N-dealkylation sites (tertiary alicyclic amines) is 1. The van der Waals surface area contributed by atoms with Gasteiger partial charge in [-0.05, 0) is 45.3 Å². The van der Waals surface area contributed by atoms with Crippen LogP contribution in [0.1, 0.15) is 64.5 Å². The van der Waals surface area contributed by atoms with E-state index < -0.39 is 0 Å². The number of ether oxygens (including phenoxy) is 1. The third-order valence-corrected chi connectivity index (χ3v) is 7.73. The highest BCUT2D eigenvalue weighted by molar-refractivity contribution is 8.00. The monoisotopic (exact) mass is 494 g/mol. The summed E-state index contributed by atoms with van der Waals surface area (Å²) in [5, 5.41) is 3.62. The predicted molar refractivity (Wildman–Crippen MR) is 131 cm³/mol. The van der Waals surface area contributed by atoms with Gasteiger partial charge in [0.05, 0.1) is 29.5 Å². The van der Waals surface area contributed by atoms with Gasteiger partial charge in [0.1, 0.15) is 5.76 Å². The maximum absolute atomic E-state index is 12.7. The average Bonchev–Trinajstić information content (AvgIpc) is 3.45. The zero-order chi connectivity index (χ0) is 23.8. The predicted octanol–water partition coefficient (Wildman–Crippen LogP) is 4.71. The van der Waals surface area contributed by atoms with Crippen LogP contribution in [0.3, 0.4) is 0 Å². The minimum atomic E-state index is -0.151. The van der Waals surface area contributed by atoms with Crippen LogP contribution < -0.4 is 5.32 Å². The van der Waals surface area contributed by atoms with Crippen molar-refractivity contribution >= 4 is 40.1 Å². The second-order valence-electron chi connectivity index (χ2n) is 9.28. The van der Waals surface area contributed by atoms with Crippen molar-refractivity contribution in [1.29, 1.82) is 0 Å². The number of thiazole rings is 1. The average molecular weight is 495 g/mol. The molecule has 1 aliphatic rings. The van der Waals surface area contributed by atoms with E-state index in [-0.39, 0.29) is 23.2 Å². The highest BCUT2D eigenvalue weighted by Crippen LogP contribution is 2.32. The molecule has 1 aliphatic heterocycles. The van der Waals surface area contributed by atoms with Crippen molar-refractivity contribution < 1.29 is 18.7 Å². The molecule has 0 saturated carbocycles. The number of amides is 1. The summed E-state index contributed by atoms with van der Waals surface area (Å²) in [6, 6.07) is 0. The number of hydrogen-bond acceptors (Lipinski definition) is 9. The van der Waals surface area contributed by atoms with E-state index >= 15 is 0 Å². The number of hydrogen-bond donors (Lipinski definition) is 1. The first-order valence-electron chi connectivity index (χ1n) is 11.4. The first-order valence-corrected chi connectivity index (χ1v) is 13.2. The minimum Gasteiger partial charge on any atom is -0.469 e. The van der Waals surface area contributed by atoms with Gasteiger partial charge >= 0.3 is 5.97 Å². The van der Waals surface area contributed by atoms with Gasteiger partial charge in [-0.2, -0.15) is 0 Å². The molecule has 1 fully saturated rings. The van der Waals surface area contributed by atoms with Gasteiger partial charge < -0.3 is 19.4 Å². The zero-order valence-electron chi connectivity index (χ0n) is 19.9. The fourth-order valence-corrected chi connectivity index (χ4v) is 5.30.